The summed E-state index contributed by atoms with van der Waals surface area (Å²) in [5.41, 5.74) is 0. The van der Waals surface area contributed by atoms with Crippen molar-refractivity contribution in [3.05, 3.63) is 20.8 Å². The number of thiophene rings is 1. The lowest BCUT2D eigenvalue weighted by atomic mass is 10.3. The van der Waals surface area contributed by atoms with Gasteiger partial charge in [-0.25, -0.2) is 0 Å². The molecule has 1 aromatic rings. The van der Waals surface area contributed by atoms with Gasteiger partial charge in [0.25, 0.3) is 5.91 Å². The van der Waals surface area contributed by atoms with Crippen LogP contribution in [-0.2, 0) is 4.79 Å². The lowest BCUT2D eigenvalue weighted by molar-refractivity contribution is -0.137. The Hall–Kier alpha value is -0.920. The van der Waals surface area contributed by atoms with Gasteiger partial charge in [0.15, 0.2) is 0 Å². The van der Waals surface area contributed by atoms with Crippen molar-refractivity contribution >= 4 is 39.1 Å². The van der Waals surface area contributed by atoms with E-state index in [1.165, 1.54) is 16.2 Å². The molecule has 5 nitrogen and oxygen atoms in total. The number of hydrogen-bond acceptors (Lipinski definition) is 4. The van der Waals surface area contributed by atoms with E-state index in [2.05, 4.69) is 15.9 Å². The summed E-state index contributed by atoms with van der Waals surface area (Å²) in [7, 11) is 3.76. The maximum Gasteiger partial charge on any atom is 0.323 e. The SMILES string of the molecule is CN(C)CCN(CC(=O)O)C(=O)c1ccc(Br)s1. The molecule has 0 saturated carbocycles. The van der Waals surface area contributed by atoms with Crippen molar-refractivity contribution in [3.63, 3.8) is 0 Å². The van der Waals surface area contributed by atoms with E-state index < -0.39 is 5.97 Å². The van der Waals surface area contributed by atoms with E-state index in [0.29, 0.717) is 18.0 Å². The third-order valence-electron chi connectivity index (χ3n) is 2.21. The van der Waals surface area contributed by atoms with Crippen LogP contribution in [0.15, 0.2) is 15.9 Å². The molecule has 0 aliphatic carbocycles. The van der Waals surface area contributed by atoms with Crippen LogP contribution in [0.5, 0.6) is 0 Å². The number of carboxylic acid groups (broad SMARTS) is 1. The van der Waals surface area contributed by atoms with Crippen LogP contribution in [0.3, 0.4) is 0 Å². The zero-order chi connectivity index (χ0) is 13.7. The summed E-state index contributed by atoms with van der Waals surface area (Å²) < 4.78 is 0.855. The fraction of sp³-hybridized carbons (Fsp3) is 0.455. The lowest BCUT2D eigenvalue weighted by Crippen LogP contribution is -2.39. The average molecular weight is 335 g/mol. The quantitative estimate of drug-likeness (QED) is 0.858. The van der Waals surface area contributed by atoms with Gasteiger partial charge in [0.1, 0.15) is 6.54 Å². The highest BCUT2D eigenvalue weighted by Crippen LogP contribution is 2.23. The average Bonchev–Trinajstić information content (AvgIpc) is 2.69. The molecule has 0 saturated heterocycles. The first-order valence-corrected chi connectivity index (χ1v) is 6.92. The number of hydrogen-bond donors (Lipinski definition) is 1. The number of aliphatic carboxylic acids is 1. The normalized spacial score (nSPS) is 10.7. The minimum absolute atomic E-state index is 0.241. The Bertz CT molecular complexity index is 434. The Kier molecular flexibility index (Phi) is 5.77. The van der Waals surface area contributed by atoms with Crippen LogP contribution in [-0.4, -0.2) is 60.5 Å². The van der Waals surface area contributed by atoms with Crippen LogP contribution < -0.4 is 0 Å². The van der Waals surface area contributed by atoms with Crippen molar-refractivity contribution in [2.24, 2.45) is 0 Å². The molecule has 1 heterocycles. The van der Waals surface area contributed by atoms with Gasteiger partial charge in [-0.3, -0.25) is 9.59 Å². The Morgan fingerprint density at radius 1 is 1.33 bits per heavy atom. The standard InChI is InChI=1S/C11H15BrN2O3S/c1-13(2)5-6-14(7-10(15)16)11(17)8-3-4-9(12)18-8/h3-4H,5-7H2,1-2H3,(H,15,16). The zero-order valence-electron chi connectivity index (χ0n) is 10.2. The predicted molar refractivity (Wildman–Crippen MR) is 74.1 cm³/mol. The number of carbonyl (C=O) groups excluding carboxylic acids is 1. The first-order valence-electron chi connectivity index (χ1n) is 5.31. The third-order valence-corrected chi connectivity index (χ3v) is 3.83. The first-order chi connectivity index (χ1) is 8.40. The van der Waals surface area contributed by atoms with Crippen molar-refractivity contribution in [3.8, 4) is 0 Å². The van der Waals surface area contributed by atoms with Crippen molar-refractivity contribution < 1.29 is 14.7 Å². The van der Waals surface area contributed by atoms with E-state index in [1.54, 1.807) is 12.1 Å². The van der Waals surface area contributed by atoms with E-state index in [9.17, 15) is 9.59 Å². The van der Waals surface area contributed by atoms with Gasteiger partial charge in [0.2, 0.25) is 0 Å². The molecule has 1 rings (SSSR count). The van der Waals surface area contributed by atoms with E-state index in [0.717, 1.165) is 3.79 Å². The summed E-state index contributed by atoms with van der Waals surface area (Å²) in [5, 5.41) is 8.84. The smallest absolute Gasteiger partial charge is 0.323 e. The Labute approximate surface area is 118 Å². The van der Waals surface area contributed by atoms with Gasteiger partial charge in [-0.15, -0.1) is 11.3 Å². The second-order valence-corrected chi connectivity index (χ2v) is 6.49. The molecule has 0 atom stereocenters. The molecule has 1 amide bonds. The predicted octanol–water partition coefficient (Wildman–Crippen LogP) is 1.60. The third kappa shape index (κ3) is 4.75. The maximum absolute atomic E-state index is 12.1. The van der Waals surface area contributed by atoms with Crippen LogP contribution in [0.1, 0.15) is 9.67 Å². The molecule has 0 radical (unpaired) electrons. The summed E-state index contributed by atoms with van der Waals surface area (Å²) in [6.45, 7) is 0.751. The molecule has 0 aliphatic rings. The number of rotatable bonds is 6. The summed E-state index contributed by atoms with van der Waals surface area (Å²) in [4.78, 5) is 26.7. The van der Waals surface area contributed by atoms with E-state index in [1.807, 2.05) is 19.0 Å². The van der Waals surface area contributed by atoms with Crippen molar-refractivity contribution in [1.82, 2.24) is 9.80 Å². The number of likely N-dealkylation sites (N-methyl/N-ethyl adjacent to an activating group) is 1. The minimum Gasteiger partial charge on any atom is -0.480 e. The van der Waals surface area contributed by atoms with Gasteiger partial charge in [0, 0.05) is 13.1 Å². The van der Waals surface area contributed by atoms with Crippen LogP contribution >= 0.6 is 27.3 Å². The molecule has 18 heavy (non-hydrogen) atoms. The molecule has 0 spiro atoms. The molecular weight excluding hydrogens is 320 g/mol. The molecular formula is C11H15BrN2O3S. The topological polar surface area (TPSA) is 60.9 Å². The number of carboxylic acids is 1. The molecule has 7 heteroatoms. The van der Waals surface area contributed by atoms with Gasteiger partial charge in [-0.1, -0.05) is 0 Å². The molecule has 0 aliphatic heterocycles. The molecule has 1 aromatic heterocycles. The summed E-state index contributed by atoms with van der Waals surface area (Å²) >= 11 is 4.59. The van der Waals surface area contributed by atoms with E-state index in [-0.39, 0.29) is 12.5 Å². The first kappa shape index (κ1) is 15.1. The second-order valence-electron chi connectivity index (χ2n) is 4.03. The molecule has 0 fully saturated rings. The second kappa shape index (κ2) is 6.86. The number of halogens is 1. The van der Waals surface area contributed by atoms with E-state index >= 15 is 0 Å². The van der Waals surface area contributed by atoms with Gasteiger partial charge in [-0.05, 0) is 42.2 Å². The largest absolute Gasteiger partial charge is 0.480 e. The van der Waals surface area contributed by atoms with Gasteiger partial charge in [-0.2, -0.15) is 0 Å². The highest BCUT2D eigenvalue weighted by atomic mass is 79.9. The summed E-state index contributed by atoms with van der Waals surface area (Å²) in [5.74, 6) is -1.24. The van der Waals surface area contributed by atoms with Crippen LogP contribution in [0.2, 0.25) is 0 Å². The van der Waals surface area contributed by atoms with Crippen molar-refractivity contribution in [2.75, 3.05) is 33.7 Å². The number of amides is 1. The highest BCUT2D eigenvalue weighted by Gasteiger charge is 2.19. The van der Waals surface area contributed by atoms with Crippen LogP contribution in [0.25, 0.3) is 0 Å². The summed E-state index contributed by atoms with van der Waals surface area (Å²) in [6, 6.07) is 3.48. The minimum atomic E-state index is -1.00. The van der Waals surface area contributed by atoms with E-state index in [4.69, 9.17) is 5.11 Å². The maximum atomic E-state index is 12.1. The highest BCUT2D eigenvalue weighted by molar-refractivity contribution is 9.11. The fourth-order valence-electron chi connectivity index (χ4n) is 1.32. The van der Waals surface area contributed by atoms with Gasteiger partial charge in [0.05, 0.1) is 8.66 Å². The Morgan fingerprint density at radius 2 is 2.00 bits per heavy atom. The fourth-order valence-corrected chi connectivity index (χ4v) is 2.68. The van der Waals surface area contributed by atoms with Crippen LogP contribution in [0, 0.1) is 0 Å². The van der Waals surface area contributed by atoms with Crippen LogP contribution in [0.4, 0.5) is 0 Å². The molecule has 0 bridgehead atoms. The van der Waals surface area contributed by atoms with Crippen molar-refractivity contribution in [2.45, 2.75) is 0 Å². The molecule has 1 N–H and O–H groups in total. The number of carbonyl (C=O) groups is 2. The summed E-state index contributed by atoms with van der Waals surface area (Å²) in [6.07, 6.45) is 0. The monoisotopic (exact) mass is 334 g/mol. The Morgan fingerprint density at radius 3 is 2.44 bits per heavy atom. The lowest BCUT2D eigenvalue weighted by Gasteiger charge is -2.22. The molecule has 0 unspecified atom stereocenters. The zero-order valence-corrected chi connectivity index (χ0v) is 12.6. The molecule has 0 aromatic carbocycles. The van der Waals surface area contributed by atoms with Crippen molar-refractivity contribution in [1.29, 1.82) is 0 Å². The van der Waals surface area contributed by atoms with Gasteiger partial charge >= 0.3 is 5.97 Å². The van der Waals surface area contributed by atoms with Gasteiger partial charge < -0.3 is 14.9 Å². The molecule has 100 valence electrons. The number of nitrogens with zero attached hydrogens (tertiary/aromatic N) is 2. The Balaban J connectivity index is 2.75.